The van der Waals surface area contributed by atoms with Crippen molar-refractivity contribution in [3.8, 4) is 0 Å². The van der Waals surface area contributed by atoms with Gasteiger partial charge in [0.15, 0.2) is 9.76 Å². The van der Waals surface area contributed by atoms with Crippen molar-refractivity contribution < 1.29 is 13.6 Å². The van der Waals surface area contributed by atoms with Crippen molar-refractivity contribution in [2.24, 2.45) is 0 Å². The lowest BCUT2D eigenvalue weighted by Crippen LogP contribution is -2.55. The zero-order valence-corrected chi connectivity index (χ0v) is 20.3. The molecule has 0 aromatic heterocycles. The van der Waals surface area contributed by atoms with Gasteiger partial charge in [0.1, 0.15) is 10.5 Å². The topological polar surface area (TPSA) is 27.7 Å². The maximum Gasteiger partial charge on any atom is 0.151 e. The Labute approximate surface area is 139 Å². The molecule has 128 valence electrons. The van der Waals surface area contributed by atoms with E-state index in [2.05, 4.69) is 47.3 Å². The van der Waals surface area contributed by atoms with Gasteiger partial charge in [0.25, 0.3) is 0 Å². The van der Waals surface area contributed by atoms with Gasteiger partial charge < -0.3 is 13.6 Å². The van der Waals surface area contributed by atoms with Crippen molar-refractivity contribution >= 4 is 28.3 Å². The van der Waals surface area contributed by atoms with Crippen molar-refractivity contribution in [2.45, 2.75) is 83.0 Å². The van der Waals surface area contributed by atoms with Crippen LogP contribution in [0.25, 0.3) is 0 Å². The van der Waals surface area contributed by atoms with Gasteiger partial charge in [-0.25, -0.2) is 0 Å². The van der Waals surface area contributed by atoms with Crippen LogP contribution < -0.4 is 0 Å². The van der Waals surface area contributed by atoms with Crippen molar-refractivity contribution in [3.05, 3.63) is 0 Å². The lowest BCUT2D eigenvalue weighted by molar-refractivity contribution is -0.174. The third kappa shape index (κ3) is 6.66. The summed E-state index contributed by atoms with van der Waals surface area (Å²) in [5, 5.41) is 0. The molecule has 0 bridgehead atoms. The number of hydrogen-bond acceptors (Lipinski definition) is 3. The van der Waals surface area contributed by atoms with Gasteiger partial charge in [0.2, 0.25) is 0 Å². The molecule has 2 atom stereocenters. The molecule has 0 radical (unpaired) electrons. The van der Waals surface area contributed by atoms with Crippen molar-refractivity contribution in [3.63, 3.8) is 0 Å². The Morgan fingerprint density at radius 3 is 2.14 bits per heavy atom. The molecule has 21 heavy (non-hydrogen) atoms. The fraction of sp³-hybridized carbons (Fsp3) is 1.00. The molecule has 3 nitrogen and oxygen atoms in total. The molecule has 6 heteroatoms. The third-order valence-corrected chi connectivity index (χ3v) is 9.35. The quantitative estimate of drug-likeness (QED) is 0.536. The summed E-state index contributed by atoms with van der Waals surface area (Å²) in [5.74, 6) is 0. The molecule has 0 aliphatic heterocycles. The molecule has 0 aromatic carbocycles. The molecule has 0 spiro atoms. The summed E-state index contributed by atoms with van der Waals surface area (Å²) in [6.45, 7) is 16.8. The van der Waals surface area contributed by atoms with E-state index in [-0.39, 0.29) is 11.2 Å². The molecular formula is C15H38O3Si3. The molecule has 2 unspecified atom stereocenters. The Morgan fingerprint density at radius 2 is 1.76 bits per heavy atom. The Balaban J connectivity index is 4.98. The van der Waals surface area contributed by atoms with Crippen LogP contribution in [0.3, 0.4) is 0 Å². The summed E-state index contributed by atoms with van der Waals surface area (Å²) in [5.41, 5.74) is -0.0418. The van der Waals surface area contributed by atoms with Crippen molar-refractivity contribution in [1.82, 2.24) is 0 Å². The second-order valence-electron chi connectivity index (χ2n) is 7.92. The molecular weight excluding hydrogens is 312 g/mol. The molecule has 0 heterocycles. The molecule has 0 fully saturated rings. The van der Waals surface area contributed by atoms with E-state index >= 15 is 0 Å². The van der Waals surface area contributed by atoms with Crippen LogP contribution in [-0.4, -0.2) is 53.2 Å². The molecule has 0 aliphatic carbocycles. The van der Waals surface area contributed by atoms with Crippen molar-refractivity contribution in [2.75, 3.05) is 13.7 Å². The number of hydrogen-bond donors (Lipinski definition) is 0. The maximum absolute atomic E-state index is 6.32. The van der Waals surface area contributed by atoms with Gasteiger partial charge >= 0.3 is 0 Å². The van der Waals surface area contributed by atoms with E-state index in [1.807, 2.05) is 7.11 Å². The Morgan fingerprint density at radius 1 is 1.19 bits per heavy atom. The molecule has 0 N–H and O–H groups in total. The third-order valence-electron chi connectivity index (χ3n) is 4.72. The van der Waals surface area contributed by atoms with E-state index in [1.165, 1.54) is 18.9 Å². The zero-order valence-electron chi connectivity index (χ0n) is 15.8. The number of ether oxygens (including phenoxy) is 2. The van der Waals surface area contributed by atoms with Gasteiger partial charge in [-0.2, -0.15) is 0 Å². The molecule has 0 rings (SSSR count). The average Bonchev–Trinajstić information content (AvgIpc) is 2.35. The van der Waals surface area contributed by atoms with E-state index < -0.39 is 17.8 Å². The molecule has 0 saturated carbocycles. The highest BCUT2D eigenvalue weighted by Crippen LogP contribution is 2.41. The first-order chi connectivity index (χ1) is 9.54. The highest BCUT2D eigenvalue weighted by Gasteiger charge is 2.48. The summed E-state index contributed by atoms with van der Waals surface area (Å²) >= 11 is 0. The summed E-state index contributed by atoms with van der Waals surface area (Å²) in [4.78, 5) is 0. The van der Waals surface area contributed by atoms with E-state index in [1.54, 1.807) is 0 Å². The standard InChI is InChI=1S/C15H38O3Si3/c1-9-10-13(20-18-19)15(4,16-5)14(2,3)17-11-12-21(6,7)8/h13H,9-12,20H2,1-8,19H3. The van der Waals surface area contributed by atoms with E-state index in [9.17, 15) is 0 Å². The van der Waals surface area contributed by atoms with Crippen LogP contribution in [0.5, 0.6) is 0 Å². The minimum absolute atomic E-state index is 0.265. The first kappa shape index (κ1) is 21.5. The van der Waals surface area contributed by atoms with E-state index in [0.717, 1.165) is 17.1 Å². The normalized spacial score (nSPS) is 18.3. The summed E-state index contributed by atoms with van der Waals surface area (Å²) in [6, 6.07) is 1.20. The number of methoxy groups -OCH3 is 1. The SMILES string of the molecule is CCCC([SiH2]O[SiH3])C(C)(OC)C(C)(C)OCC[Si](C)(C)C. The average molecular weight is 351 g/mol. The van der Waals surface area contributed by atoms with E-state index in [4.69, 9.17) is 13.6 Å². The largest absolute Gasteiger partial charge is 0.468 e. The van der Waals surface area contributed by atoms with Gasteiger partial charge in [-0.05, 0) is 33.2 Å². The highest BCUT2D eigenvalue weighted by atomic mass is 28.3. The minimum atomic E-state index is -1.06. The summed E-state index contributed by atoms with van der Waals surface area (Å²) < 4.78 is 18.0. The Bertz CT molecular complexity index is 286. The second kappa shape index (κ2) is 8.98. The van der Waals surface area contributed by atoms with Crippen LogP contribution in [-0.2, 0) is 13.6 Å². The highest BCUT2D eigenvalue weighted by molar-refractivity contribution is 6.76. The van der Waals surface area contributed by atoms with Crippen molar-refractivity contribution in [1.29, 1.82) is 0 Å². The van der Waals surface area contributed by atoms with Gasteiger partial charge in [-0.15, -0.1) is 0 Å². The van der Waals surface area contributed by atoms with Crippen LogP contribution in [0.2, 0.25) is 31.2 Å². The smallest absolute Gasteiger partial charge is 0.151 e. The predicted molar refractivity (Wildman–Crippen MR) is 102 cm³/mol. The van der Waals surface area contributed by atoms with Gasteiger partial charge in [0.05, 0.1) is 11.2 Å². The second-order valence-corrected chi connectivity index (χ2v) is 17.2. The predicted octanol–water partition coefficient (Wildman–Crippen LogP) is 2.49. The van der Waals surface area contributed by atoms with Gasteiger partial charge in [0, 0.05) is 27.3 Å². The zero-order chi connectivity index (χ0) is 16.7. The molecule has 0 amide bonds. The minimum Gasteiger partial charge on any atom is -0.468 e. The van der Waals surface area contributed by atoms with Crippen LogP contribution in [0.1, 0.15) is 40.5 Å². The Hall–Kier alpha value is 0.531. The lowest BCUT2D eigenvalue weighted by atomic mass is 9.82. The first-order valence-electron chi connectivity index (χ1n) is 8.22. The van der Waals surface area contributed by atoms with E-state index in [0.29, 0.717) is 5.54 Å². The van der Waals surface area contributed by atoms with Crippen LogP contribution in [0.4, 0.5) is 0 Å². The monoisotopic (exact) mass is 350 g/mol. The fourth-order valence-electron chi connectivity index (χ4n) is 2.73. The van der Waals surface area contributed by atoms with Crippen LogP contribution >= 0.6 is 0 Å². The first-order valence-corrected chi connectivity index (χ1v) is 14.1. The van der Waals surface area contributed by atoms with Crippen LogP contribution in [0.15, 0.2) is 0 Å². The maximum atomic E-state index is 6.32. The van der Waals surface area contributed by atoms with Gasteiger partial charge in [-0.1, -0.05) is 33.0 Å². The lowest BCUT2D eigenvalue weighted by Gasteiger charge is -2.48. The molecule has 0 aliphatic rings. The molecule has 0 aromatic rings. The summed E-state index contributed by atoms with van der Waals surface area (Å²) in [6.07, 6.45) is 2.34. The fourth-order valence-corrected chi connectivity index (χ4v) is 6.60. The number of rotatable bonds is 11. The molecule has 0 saturated heterocycles. The Kier molecular flexibility index (Phi) is 9.21. The summed E-state index contributed by atoms with van der Waals surface area (Å²) in [7, 11) is 1.05. The van der Waals surface area contributed by atoms with Crippen LogP contribution in [0, 0.1) is 0 Å². The van der Waals surface area contributed by atoms with Gasteiger partial charge in [-0.3, -0.25) is 0 Å².